The van der Waals surface area contributed by atoms with Crippen LogP contribution in [0.3, 0.4) is 0 Å². The summed E-state index contributed by atoms with van der Waals surface area (Å²) < 4.78 is 11.1. The van der Waals surface area contributed by atoms with Gasteiger partial charge in [0.05, 0.1) is 17.8 Å². The fraction of sp³-hybridized carbons (Fsp3) is 0.158. The zero-order valence-corrected chi connectivity index (χ0v) is 14.6. The minimum Gasteiger partial charge on any atom is -0.494 e. The normalized spacial score (nSPS) is 10.3. The van der Waals surface area contributed by atoms with E-state index in [1.54, 1.807) is 23.7 Å². The van der Waals surface area contributed by atoms with Crippen molar-refractivity contribution in [3.63, 3.8) is 0 Å². The molecule has 1 aromatic heterocycles. The lowest BCUT2D eigenvalue weighted by Crippen LogP contribution is -2.12. The van der Waals surface area contributed by atoms with E-state index in [9.17, 15) is 4.79 Å². The maximum atomic E-state index is 12.4. The first kappa shape index (κ1) is 17.0. The highest BCUT2D eigenvalue weighted by Crippen LogP contribution is 2.19. The second-order valence-electron chi connectivity index (χ2n) is 5.21. The summed E-state index contributed by atoms with van der Waals surface area (Å²) in [6.07, 6.45) is 0. The number of thiazole rings is 1. The molecule has 0 spiro atoms. The predicted molar refractivity (Wildman–Crippen MR) is 98.5 cm³/mol. The van der Waals surface area contributed by atoms with Crippen molar-refractivity contribution in [2.45, 2.75) is 13.5 Å². The summed E-state index contributed by atoms with van der Waals surface area (Å²) in [6, 6.07) is 14.4. The number of nitrogens with zero attached hydrogens (tertiary/aromatic N) is 1. The van der Waals surface area contributed by atoms with Crippen molar-refractivity contribution >= 4 is 22.9 Å². The number of benzene rings is 2. The molecule has 3 rings (SSSR count). The van der Waals surface area contributed by atoms with Crippen molar-refractivity contribution in [3.8, 4) is 11.5 Å². The second kappa shape index (κ2) is 8.30. The Morgan fingerprint density at radius 1 is 1.12 bits per heavy atom. The third-order valence-corrected chi connectivity index (χ3v) is 4.02. The highest BCUT2D eigenvalue weighted by Gasteiger charge is 2.08. The maximum Gasteiger partial charge on any atom is 0.255 e. The standard InChI is InChI=1S/C19H18N2O3S/c1-2-23-17-8-6-15(7-9-17)21-19(22)14-4-3-5-18(10-14)24-11-16-12-25-13-20-16/h3-10,12-13H,2,11H2,1H3,(H,21,22). The maximum absolute atomic E-state index is 12.4. The molecule has 1 N–H and O–H groups in total. The number of hydrogen-bond acceptors (Lipinski definition) is 5. The minimum absolute atomic E-state index is 0.191. The van der Waals surface area contributed by atoms with Crippen LogP contribution in [0.4, 0.5) is 5.69 Å². The number of carbonyl (C=O) groups excluding carboxylic acids is 1. The molecule has 0 unspecified atom stereocenters. The van der Waals surface area contributed by atoms with Gasteiger partial charge in [-0.3, -0.25) is 4.79 Å². The van der Waals surface area contributed by atoms with Crippen molar-refractivity contribution in [2.24, 2.45) is 0 Å². The lowest BCUT2D eigenvalue weighted by molar-refractivity contribution is 0.102. The summed E-state index contributed by atoms with van der Waals surface area (Å²) >= 11 is 1.52. The first-order valence-corrected chi connectivity index (χ1v) is 8.83. The van der Waals surface area contributed by atoms with E-state index in [-0.39, 0.29) is 5.91 Å². The van der Waals surface area contributed by atoms with Gasteiger partial charge in [-0.2, -0.15) is 0 Å². The van der Waals surface area contributed by atoms with Crippen molar-refractivity contribution in [1.82, 2.24) is 4.98 Å². The SMILES string of the molecule is CCOc1ccc(NC(=O)c2cccc(OCc3cscn3)c2)cc1. The van der Waals surface area contributed by atoms with Crippen molar-refractivity contribution < 1.29 is 14.3 Å². The Bertz CT molecular complexity index is 817. The third-order valence-electron chi connectivity index (χ3n) is 3.39. The van der Waals surface area contributed by atoms with E-state index in [4.69, 9.17) is 9.47 Å². The number of ether oxygens (including phenoxy) is 2. The molecule has 1 heterocycles. The van der Waals surface area contributed by atoms with Gasteiger partial charge in [0.1, 0.15) is 18.1 Å². The molecule has 0 atom stereocenters. The molecule has 0 saturated carbocycles. The van der Waals surface area contributed by atoms with E-state index < -0.39 is 0 Å². The van der Waals surface area contributed by atoms with E-state index in [1.807, 2.05) is 42.6 Å². The van der Waals surface area contributed by atoms with Gasteiger partial charge in [0.25, 0.3) is 5.91 Å². The van der Waals surface area contributed by atoms with Crippen LogP contribution >= 0.6 is 11.3 Å². The molecule has 3 aromatic rings. The molecule has 0 bridgehead atoms. The zero-order valence-electron chi connectivity index (χ0n) is 13.8. The molecule has 6 heteroatoms. The Morgan fingerprint density at radius 3 is 2.68 bits per heavy atom. The topological polar surface area (TPSA) is 60.5 Å². The molecule has 0 fully saturated rings. The Kier molecular flexibility index (Phi) is 5.64. The molecule has 1 amide bonds. The molecule has 2 aromatic carbocycles. The first-order valence-electron chi connectivity index (χ1n) is 7.89. The van der Waals surface area contributed by atoms with Gasteiger partial charge in [0, 0.05) is 16.6 Å². The van der Waals surface area contributed by atoms with Gasteiger partial charge in [0.15, 0.2) is 0 Å². The average molecular weight is 354 g/mol. The van der Waals surface area contributed by atoms with Gasteiger partial charge in [-0.15, -0.1) is 11.3 Å². The smallest absolute Gasteiger partial charge is 0.255 e. The van der Waals surface area contributed by atoms with Gasteiger partial charge in [-0.25, -0.2) is 4.98 Å². The Hall–Kier alpha value is -2.86. The lowest BCUT2D eigenvalue weighted by Gasteiger charge is -2.09. The van der Waals surface area contributed by atoms with E-state index in [1.165, 1.54) is 11.3 Å². The number of anilines is 1. The van der Waals surface area contributed by atoms with Gasteiger partial charge in [-0.1, -0.05) is 6.07 Å². The van der Waals surface area contributed by atoms with Crippen LogP contribution in [0.1, 0.15) is 23.0 Å². The van der Waals surface area contributed by atoms with Crippen LogP contribution in [0.5, 0.6) is 11.5 Å². The van der Waals surface area contributed by atoms with Crippen LogP contribution in [0, 0.1) is 0 Å². The lowest BCUT2D eigenvalue weighted by atomic mass is 10.2. The number of aromatic nitrogens is 1. The molecule has 25 heavy (non-hydrogen) atoms. The predicted octanol–water partition coefficient (Wildman–Crippen LogP) is 4.37. The van der Waals surface area contributed by atoms with Gasteiger partial charge < -0.3 is 14.8 Å². The minimum atomic E-state index is -0.191. The number of nitrogens with one attached hydrogen (secondary N) is 1. The van der Waals surface area contributed by atoms with Crippen LogP contribution in [0.2, 0.25) is 0 Å². The van der Waals surface area contributed by atoms with E-state index >= 15 is 0 Å². The monoisotopic (exact) mass is 354 g/mol. The highest BCUT2D eigenvalue weighted by atomic mass is 32.1. The molecular weight excluding hydrogens is 336 g/mol. The second-order valence-corrected chi connectivity index (χ2v) is 5.93. The fourth-order valence-electron chi connectivity index (χ4n) is 2.20. The van der Waals surface area contributed by atoms with Crippen LogP contribution in [-0.2, 0) is 6.61 Å². The zero-order chi connectivity index (χ0) is 17.5. The van der Waals surface area contributed by atoms with E-state index in [0.717, 1.165) is 11.4 Å². The number of amides is 1. The number of hydrogen-bond donors (Lipinski definition) is 1. The summed E-state index contributed by atoms with van der Waals surface area (Å²) in [5.74, 6) is 1.22. The highest BCUT2D eigenvalue weighted by molar-refractivity contribution is 7.07. The fourth-order valence-corrected chi connectivity index (χ4v) is 2.74. The molecule has 0 radical (unpaired) electrons. The Balaban J connectivity index is 1.62. The number of rotatable bonds is 7. The summed E-state index contributed by atoms with van der Waals surface area (Å²) in [7, 11) is 0. The van der Waals surface area contributed by atoms with Gasteiger partial charge >= 0.3 is 0 Å². The molecule has 128 valence electrons. The summed E-state index contributed by atoms with van der Waals surface area (Å²) in [5.41, 5.74) is 3.88. The first-order chi connectivity index (χ1) is 12.2. The number of carbonyl (C=O) groups is 1. The van der Waals surface area contributed by atoms with Crippen molar-refractivity contribution in [2.75, 3.05) is 11.9 Å². The molecule has 5 nitrogen and oxygen atoms in total. The summed E-state index contributed by atoms with van der Waals surface area (Å²) in [4.78, 5) is 16.6. The molecule has 0 aliphatic rings. The van der Waals surface area contributed by atoms with E-state index in [2.05, 4.69) is 10.3 Å². The van der Waals surface area contributed by atoms with E-state index in [0.29, 0.717) is 30.2 Å². The molecular formula is C19H18N2O3S. The van der Waals surface area contributed by atoms with Crippen molar-refractivity contribution in [1.29, 1.82) is 0 Å². The largest absolute Gasteiger partial charge is 0.494 e. The molecule has 0 aliphatic heterocycles. The van der Waals surface area contributed by atoms with Crippen LogP contribution in [0.25, 0.3) is 0 Å². The Morgan fingerprint density at radius 2 is 1.96 bits per heavy atom. The average Bonchev–Trinajstić information content (AvgIpc) is 3.16. The quantitative estimate of drug-likeness (QED) is 0.684. The third kappa shape index (κ3) is 4.81. The van der Waals surface area contributed by atoms with Gasteiger partial charge in [-0.05, 0) is 49.4 Å². The Labute approximate surface area is 150 Å². The van der Waals surface area contributed by atoms with Crippen molar-refractivity contribution in [3.05, 3.63) is 70.7 Å². The van der Waals surface area contributed by atoms with Gasteiger partial charge in [0.2, 0.25) is 0 Å². The molecule has 0 aliphatic carbocycles. The van der Waals surface area contributed by atoms with Crippen LogP contribution in [-0.4, -0.2) is 17.5 Å². The van der Waals surface area contributed by atoms with Crippen LogP contribution < -0.4 is 14.8 Å². The molecule has 0 saturated heterocycles. The summed E-state index contributed by atoms with van der Waals surface area (Å²) in [6.45, 7) is 2.92. The van der Waals surface area contributed by atoms with Crippen LogP contribution in [0.15, 0.2) is 59.4 Å². The summed E-state index contributed by atoms with van der Waals surface area (Å²) in [5, 5.41) is 4.80.